The molecule has 0 saturated carbocycles. The first-order valence-electron chi connectivity index (χ1n) is 2.10. The van der Waals surface area contributed by atoms with Crippen LogP contribution in [0.25, 0.3) is 0 Å². The van der Waals surface area contributed by atoms with Gasteiger partial charge in [0.05, 0.1) is 0 Å². The second-order valence-electron chi connectivity index (χ2n) is 1.22. The molecular weight excluding hydrogens is 115 g/mol. The first-order valence-corrected chi connectivity index (χ1v) is 2.10. The van der Waals surface area contributed by atoms with E-state index in [9.17, 15) is 4.79 Å². The zero-order valence-electron chi connectivity index (χ0n) is 6.05. The van der Waals surface area contributed by atoms with Gasteiger partial charge in [0.25, 0.3) is 0 Å². The van der Waals surface area contributed by atoms with Crippen molar-refractivity contribution >= 4 is 5.97 Å². The van der Waals surface area contributed by atoms with Gasteiger partial charge in [0.2, 0.25) is 0 Å². The van der Waals surface area contributed by atoms with Crippen LogP contribution in [0.2, 0.25) is 0 Å². The molecule has 0 spiro atoms. The van der Waals surface area contributed by atoms with Gasteiger partial charge in [0.1, 0.15) is 0 Å². The third-order valence-electron chi connectivity index (χ3n) is 0.562. The molecule has 0 amide bonds. The molecule has 0 heterocycles. The van der Waals surface area contributed by atoms with E-state index in [1.807, 2.05) is 0 Å². The average Bonchev–Trinajstić information content (AvgIpc) is 1.61. The number of allylic oxidation sites excluding steroid dienone is 1. The van der Waals surface area contributed by atoms with E-state index in [0.717, 1.165) is 0 Å². The number of hydrogen-bond donors (Lipinski definition) is 1. The van der Waals surface area contributed by atoms with Gasteiger partial charge in [0, 0.05) is 6.42 Å². The molecule has 0 rings (SSSR count). The molecule has 0 aromatic rings. The molecule has 1 N–H and O–H groups in total. The van der Waals surface area contributed by atoms with Gasteiger partial charge in [-0.1, -0.05) is 6.08 Å². The smallest absolute Gasteiger partial charge is 1.00 e. The van der Waals surface area contributed by atoms with E-state index in [2.05, 4.69) is 6.58 Å². The summed E-state index contributed by atoms with van der Waals surface area (Å²) in [5.74, 6) is -0.764. The summed E-state index contributed by atoms with van der Waals surface area (Å²) in [5, 5.41) is 8.00. The fraction of sp³-hybridized carbons (Fsp3) is 0.400. The van der Waals surface area contributed by atoms with Crippen LogP contribution in [-0.4, -0.2) is 11.1 Å². The van der Waals surface area contributed by atoms with E-state index in [1.165, 1.54) is 0 Å². The van der Waals surface area contributed by atoms with E-state index in [-0.39, 0.29) is 37.4 Å². The molecule has 0 radical (unpaired) electrons. The Hall–Kier alpha value is 0.210. The Morgan fingerprint density at radius 1 is 1.88 bits per heavy atom. The van der Waals surface area contributed by atoms with Gasteiger partial charge in [-0.2, -0.15) is 0 Å². The zero-order chi connectivity index (χ0) is 5.70. The number of hydrogen-bond acceptors (Lipinski definition) is 1. The van der Waals surface area contributed by atoms with Crippen molar-refractivity contribution in [2.75, 3.05) is 0 Å². The summed E-state index contributed by atoms with van der Waals surface area (Å²) in [4.78, 5) is 9.71. The number of rotatable bonds is 3. The fourth-order valence-electron chi connectivity index (χ4n) is 0.226. The Labute approximate surface area is 72.4 Å². The summed E-state index contributed by atoms with van der Waals surface area (Å²) in [6.07, 6.45) is 2.35. The molecule has 0 aliphatic heterocycles. The van der Waals surface area contributed by atoms with Gasteiger partial charge in [0.15, 0.2) is 0 Å². The first-order chi connectivity index (χ1) is 3.27. The van der Waals surface area contributed by atoms with Crippen molar-refractivity contribution in [1.82, 2.24) is 0 Å². The molecule has 0 aromatic heterocycles. The molecule has 8 heavy (non-hydrogen) atoms. The second-order valence-corrected chi connectivity index (χ2v) is 1.22. The van der Waals surface area contributed by atoms with Crippen molar-refractivity contribution in [3.05, 3.63) is 12.7 Å². The van der Waals surface area contributed by atoms with Gasteiger partial charge >= 0.3 is 35.5 Å². The molecule has 0 aliphatic rings. The third-order valence-corrected chi connectivity index (χ3v) is 0.562. The molecular formula is C5H9NaO2. The van der Waals surface area contributed by atoms with Crippen LogP contribution >= 0.6 is 0 Å². The summed E-state index contributed by atoms with van der Waals surface area (Å²) in [5.41, 5.74) is 0. The fourth-order valence-corrected chi connectivity index (χ4v) is 0.226. The summed E-state index contributed by atoms with van der Waals surface area (Å²) in [6, 6.07) is 0. The summed E-state index contributed by atoms with van der Waals surface area (Å²) >= 11 is 0. The SMILES string of the molecule is C=CCCC(=O)O.[H-].[Na+]. The Morgan fingerprint density at radius 2 is 2.38 bits per heavy atom. The molecule has 0 bridgehead atoms. The van der Waals surface area contributed by atoms with Gasteiger partial charge in [-0.05, 0) is 6.42 Å². The molecule has 42 valence electrons. The monoisotopic (exact) mass is 124 g/mol. The van der Waals surface area contributed by atoms with Crippen molar-refractivity contribution in [3.63, 3.8) is 0 Å². The van der Waals surface area contributed by atoms with Crippen LogP contribution in [0.5, 0.6) is 0 Å². The molecule has 0 aliphatic carbocycles. The predicted molar refractivity (Wildman–Crippen MR) is 28.2 cm³/mol. The minimum atomic E-state index is -0.764. The predicted octanol–water partition coefficient (Wildman–Crippen LogP) is -1.85. The summed E-state index contributed by atoms with van der Waals surface area (Å²) < 4.78 is 0. The number of aliphatic carboxylic acids is 1. The number of carboxylic acid groups (broad SMARTS) is 1. The first kappa shape index (κ1) is 11.1. The van der Waals surface area contributed by atoms with E-state index < -0.39 is 5.97 Å². The normalized spacial score (nSPS) is 7.00. The summed E-state index contributed by atoms with van der Waals surface area (Å²) in [6.45, 7) is 3.37. The molecule has 0 aromatic carbocycles. The maximum Gasteiger partial charge on any atom is 1.00 e. The van der Waals surface area contributed by atoms with Crippen LogP contribution in [0, 0.1) is 0 Å². The molecule has 3 heteroatoms. The van der Waals surface area contributed by atoms with Crippen LogP contribution in [-0.2, 0) is 4.79 Å². The molecule has 0 unspecified atom stereocenters. The van der Waals surface area contributed by atoms with Crippen LogP contribution in [0.3, 0.4) is 0 Å². The van der Waals surface area contributed by atoms with Crippen LogP contribution in [0.4, 0.5) is 0 Å². The minimum Gasteiger partial charge on any atom is -1.00 e. The number of carbonyl (C=O) groups is 1. The van der Waals surface area contributed by atoms with Gasteiger partial charge in [-0.3, -0.25) is 4.79 Å². The molecule has 0 atom stereocenters. The van der Waals surface area contributed by atoms with Crippen molar-refractivity contribution in [2.24, 2.45) is 0 Å². The van der Waals surface area contributed by atoms with Gasteiger partial charge < -0.3 is 6.53 Å². The van der Waals surface area contributed by atoms with Crippen molar-refractivity contribution in [1.29, 1.82) is 0 Å². The third kappa shape index (κ3) is 9.51. The second kappa shape index (κ2) is 7.21. The van der Waals surface area contributed by atoms with Crippen LogP contribution in [0.15, 0.2) is 12.7 Å². The van der Waals surface area contributed by atoms with Crippen molar-refractivity contribution in [3.8, 4) is 0 Å². The minimum absolute atomic E-state index is 0. The molecule has 0 saturated heterocycles. The largest absolute Gasteiger partial charge is 1.00 e. The Bertz CT molecular complexity index is 85.0. The quantitative estimate of drug-likeness (QED) is 0.354. The van der Waals surface area contributed by atoms with E-state index >= 15 is 0 Å². The summed E-state index contributed by atoms with van der Waals surface area (Å²) in [7, 11) is 0. The van der Waals surface area contributed by atoms with E-state index in [0.29, 0.717) is 6.42 Å². The number of carboxylic acids is 1. The Kier molecular flexibility index (Phi) is 9.97. The van der Waals surface area contributed by atoms with E-state index in [1.54, 1.807) is 6.08 Å². The van der Waals surface area contributed by atoms with Gasteiger partial charge in [-0.25, -0.2) is 0 Å². The average molecular weight is 124 g/mol. The zero-order valence-corrected chi connectivity index (χ0v) is 7.05. The standard InChI is InChI=1S/C5H8O2.Na.H/c1-2-3-4-5(6)7;;/h2H,1,3-4H2,(H,6,7);;/q;+1;-1. The van der Waals surface area contributed by atoms with Crippen molar-refractivity contribution < 1.29 is 40.9 Å². The van der Waals surface area contributed by atoms with Crippen LogP contribution < -0.4 is 29.6 Å². The molecule has 0 fully saturated rings. The maximum atomic E-state index is 9.71. The van der Waals surface area contributed by atoms with E-state index in [4.69, 9.17) is 5.11 Å². The topological polar surface area (TPSA) is 37.3 Å². The Morgan fingerprint density at radius 3 is 2.50 bits per heavy atom. The maximum absolute atomic E-state index is 9.71. The molecule has 2 nitrogen and oxygen atoms in total. The van der Waals surface area contributed by atoms with Crippen molar-refractivity contribution in [2.45, 2.75) is 12.8 Å². The van der Waals surface area contributed by atoms with Gasteiger partial charge in [-0.15, -0.1) is 6.58 Å². The Balaban J connectivity index is -0.000000180. The van der Waals surface area contributed by atoms with Crippen LogP contribution in [0.1, 0.15) is 14.3 Å².